The number of carbonyl (C=O) groups excluding carboxylic acids is 1. The Morgan fingerprint density at radius 3 is 2.55 bits per heavy atom. The maximum absolute atomic E-state index is 13.3. The highest BCUT2D eigenvalue weighted by Gasteiger charge is 2.16. The zero-order chi connectivity index (χ0) is 20.5. The zero-order valence-electron chi connectivity index (χ0n) is 15.1. The van der Waals surface area contributed by atoms with Gasteiger partial charge in [-0.05, 0) is 25.1 Å². The average molecular weight is 396 g/mol. The molecule has 4 aromatic rings. The number of carbonyl (C=O) groups is 1. The number of hydrogen-bond donors (Lipinski definition) is 1. The first-order chi connectivity index (χ1) is 13.9. The van der Waals surface area contributed by atoms with E-state index in [1.165, 1.54) is 10.6 Å². The molecular formula is C20H14F2N4O3. The minimum absolute atomic E-state index is 0.0391. The number of fused-ring (bicyclic) bond motifs is 1. The van der Waals surface area contributed by atoms with Gasteiger partial charge in [-0.15, -0.1) is 0 Å². The van der Waals surface area contributed by atoms with Crippen LogP contribution in [-0.4, -0.2) is 20.6 Å². The van der Waals surface area contributed by atoms with Crippen molar-refractivity contribution in [2.45, 2.75) is 13.5 Å². The molecule has 0 radical (unpaired) electrons. The van der Waals surface area contributed by atoms with Gasteiger partial charge in [-0.2, -0.15) is 4.98 Å². The molecule has 0 bridgehead atoms. The van der Waals surface area contributed by atoms with Gasteiger partial charge >= 0.3 is 0 Å². The average Bonchev–Trinajstić information content (AvgIpc) is 3.09. The van der Waals surface area contributed by atoms with E-state index in [2.05, 4.69) is 15.5 Å². The largest absolute Gasteiger partial charge is 0.334 e. The Kier molecular flexibility index (Phi) is 4.63. The summed E-state index contributed by atoms with van der Waals surface area (Å²) in [5, 5.41) is 6.77. The Morgan fingerprint density at radius 1 is 1.14 bits per heavy atom. The van der Waals surface area contributed by atoms with Crippen molar-refractivity contribution in [2.75, 3.05) is 5.32 Å². The molecule has 9 heteroatoms. The minimum Gasteiger partial charge on any atom is -0.334 e. The SMILES string of the molecule is Cc1noc(-c2cc(=O)n(CC(=O)Nc3cc(F)cc(F)c3)c3ccccc23)n1. The summed E-state index contributed by atoms with van der Waals surface area (Å²) >= 11 is 0. The van der Waals surface area contributed by atoms with Gasteiger partial charge in [0, 0.05) is 23.2 Å². The van der Waals surface area contributed by atoms with Crippen molar-refractivity contribution in [2.24, 2.45) is 0 Å². The Bertz CT molecular complexity index is 1280. The summed E-state index contributed by atoms with van der Waals surface area (Å²) < 4.78 is 33.1. The molecule has 29 heavy (non-hydrogen) atoms. The number of rotatable bonds is 4. The van der Waals surface area contributed by atoms with Gasteiger partial charge in [0.15, 0.2) is 5.82 Å². The van der Waals surface area contributed by atoms with Crippen molar-refractivity contribution in [3.8, 4) is 11.5 Å². The summed E-state index contributed by atoms with van der Waals surface area (Å²) in [6.07, 6.45) is 0. The van der Waals surface area contributed by atoms with E-state index in [4.69, 9.17) is 4.52 Å². The van der Waals surface area contributed by atoms with Crippen LogP contribution >= 0.6 is 0 Å². The third kappa shape index (κ3) is 3.75. The topological polar surface area (TPSA) is 90.0 Å². The van der Waals surface area contributed by atoms with E-state index in [-0.39, 0.29) is 18.1 Å². The number of halogens is 2. The Balaban J connectivity index is 1.72. The second-order valence-electron chi connectivity index (χ2n) is 6.35. The number of para-hydroxylation sites is 1. The van der Waals surface area contributed by atoms with Crippen molar-refractivity contribution in [1.82, 2.24) is 14.7 Å². The molecule has 0 spiro atoms. The molecule has 2 heterocycles. The third-order valence-electron chi connectivity index (χ3n) is 4.22. The van der Waals surface area contributed by atoms with Gasteiger partial charge in [0.2, 0.25) is 5.91 Å². The van der Waals surface area contributed by atoms with Crippen LogP contribution in [0.2, 0.25) is 0 Å². The highest BCUT2D eigenvalue weighted by Crippen LogP contribution is 2.26. The van der Waals surface area contributed by atoms with Crippen LogP contribution in [-0.2, 0) is 11.3 Å². The van der Waals surface area contributed by atoms with Crippen LogP contribution in [0.25, 0.3) is 22.4 Å². The van der Waals surface area contributed by atoms with Crippen LogP contribution in [0.3, 0.4) is 0 Å². The molecule has 0 saturated heterocycles. The van der Waals surface area contributed by atoms with E-state index >= 15 is 0 Å². The van der Waals surface area contributed by atoms with E-state index in [1.54, 1.807) is 31.2 Å². The first kappa shape index (κ1) is 18.5. The van der Waals surface area contributed by atoms with Crippen LogP contribution in [0.1, 0.15) is 5.82 Å². The third-order valence-corrected chi connectivity index (χ3v) is 4.22. The number of aryl methyl sites for hydroxylation is 1. The normalized spacial score (nSPS) is 11.0. The van der Waals surface area contributed by atoms with Crippen molar-refractivity contribution < 1.29 is 18.1 Å². The summed E-state index contributed by atoms with van der Waals surface area (Å²) in [5.74, 6) is -1.62. The standard InChI is InChI=1S/C20H14F2N4O3/c1-11-23-20(29-25-11)16-9-19(28)26(17-5-3-2-4-15(16)17)10-18(27)24-14-7-12(21)6-13(22)8-14/h2-9H,10H2,1H3,(H,24,27). The molecule has 4 rings (SSSR count). The fourth-order valence-electron chi connectivity index (χ4n) is 3.05. The molecule has 0 aliphatic carbocycles. The molecule has 0 aliphatic rings. The van der Waals surface area contributed by atoms with E-state index in [1.807, 2.05) is 0 Å². The summed E-state index contributed by atoms with van der Waals surface area (Å²) in [6.45, 7) is 1.32. The lowest BCUT2D eigenvalue weighted by Crippen LogP contribution is -2.27. The maximum atomic E-state index is 13.3. The lowest BCUT2D eigenvalue weighted by Gasteiger charge is -2.12. The fraction of sp³-hybridized carbons (Fsp3) is 0.100. The van der Waals surface area contributed by atoms with E-state index in [9.17, 15) is 18.4 Å². The van der Waals surface area contributed by atoms with Crippen molar-refractivity contribution >= 4 is 22.5 Å². The van der Waals surface area contributed by atoms with Gasteiger partial charge in [-0.25, -0.2) is 8.78 Å². The molecule has 2 aromatic heterocycles. The van der Waals surface area contributed by atoms with E-state index < -0.39 is 23.1 Å². The number of nitrogens with one attached hydrogen (secondary N) is 1. The lowest BCUT2D eigenvalue weighted by atomic mass is 10.1. The predicted octanol–water partition coefficient (Wildman–Crippen LogP) is 3.28. The monoisotopic (exact) mass is 396 g/mol. The molecule has 1 N–H and O–H groups in total. The van der Waals surface area contributed by atoms with Crippen LogP contribution < -0.4 is 10.9 Å². The molecule has 0 unspecified atom stereocenters. The Labute approximate surface area is 162 Å². The number of hydrogen-bond acceptors (Lipinski definition) is 5. The van der Waals surface area contributed by atoms with Crippen molar-refractivity contribution in [3.05, 3.63) is 76.3 Å². The molecule has 0 aliphatic heterocycles. The predicted molar refractivity (Wildman–Crippen MR) is 101 cm³/mol. The first-order valence-corrected chi connectivity index (χ1v) is 8.60. The Morgan fingerprint density at radius 2 is 1.86 bits per heavy atom. The number of benzene rings is 2. The maximum Gasteiger partial charge on any atom is 0.258 e. The molecule has 2 aromatic carbocycles. The van der Waals surface area contributed by atoms with Crippen LogP contribution in [0.15, 0.2) is 57.8 Å². The highest BCUT2D eigenvalue weighted by molar-refractivity contribution is 5.95. The number of amides is 1. The first-order valence-electron chi connectivity index (χ1n) is 8.60. The van der Waals surface area contributed by atoms with Crippen molar-refractivity contribution in [1.29, 1.82) is 0 Å². The van der Waals surface area contributed by atoms with Crippen molar-refractivity contribution in [3.63, 3.8) is 0 Å². The summed E-state index contributed by atoms with van der Waals surface area (Å²) in [5.41, 5.74) is 0.430. The van der Waals surface area contributed by atoms with Crippen LogP contribution in [0, 0.1) is 18.6 Å². The molecule has 7 nitrogen and oxygen atoms in total. The number of aromatic nitrogens is 3. The van der Waals surface area contributed by atoms with E-state index in [0.717, 1.165) is 12.1 Å². The molecule has 0 atom stereocenters. The van der Waals surface area contributed by atoms with Crippen LogP contribution in [0.4, 0.5) is 14.5 Å². The zero-order valence-corrected chi connectivity index (χ0v) is 15.1. The second-order valence-corrected chi connectivity index (χ2v) is 6.35. The Hall–Kier alpha value is -3.88. The van der Waals surface area contributed by atoms with Gasteiger partial charge < -0.3 is 9.84 Å². The summed E-state index contributed by atoms with van der Waals surface area (Å²) in [7, 11) is 0. The minimum atomic E-state index is -0.817. The smallest absolute Gasteiger partial charge is 0.258 e. The highest BCUT2D eigenvalue weighted by atomic mass is 19.1. The molecule has 146 valence electrons. The molecular weight excluding hydrogens is 382 g/mol. The summed E-state index contributed by atoms with van der Waals surface area (Å²) in [4.78, 5) is 29.3. The molecule has 0 fully saturated rings. The van der Waals surface area contributed by atoms with Crippen LogP contribution in [0.5, 0.6) is 0 Å². The second kappa shape index (κ2) is 7.27. The van der Waals surface area contributed by atoms with Gasteiger partial charge in [0.1, 0.15) is 18.2 Å². The van der Waals surface area contributed by atoms with Gasteiger partial charge in [-0.3, -0.25) is 14.2 Å². The number of nitrogens with zero attached hydrogens (tertiary/aromatic N) is 3. The molecule has 1 amide bonds. The molecule has 0 saturated carbocycles. The lowest BCUT2D eigenvalue weighted by molar-refractivity contribution is -0.116. The fourth-order valence-corrected chi connectivity index (χ4v) is 3.05. The number of anilines is 1. The van der Waals surface area contributed by atoms with Gasteiger partial charge in [-0.1, -0.05) is 23.4 Å². The van der Waals surface area contributed by atoms with Gasteiger partial charge in [0.05, 0.1) is 11.1 Å². The van der Waals surface area contributed by atoms with E-state index in [0.29, 0.717) is 28.4 Å². The number of pyridine rings is 1. The van der Waals surface area contributed by atoms with Gasteiger partial charge in [0.25, 0.3) is 11.4 Å². The quantitative estimate of drug-likeness (QED) is 0.572. The summed E-state index contributed by atoms with van der Waals surface area (Å²) in [6, 6.07) is 10.9.